The van der Waals surface area contributed by atoms with E-state index in [4.69, 9.17) is 4.74 Å². The van der Waals surface area contributed by atoms with Crippen LogP contribution in [0.1, 0.15) is 22.0 Å². The number of hydrogen-bond acceptors (Lipinski definition) is 4. The lowest BCUT2D eigenvalue weighted by Gasteiger charge is -2.12. The molecule has 0 fully saturated rings. The average molecular weight is 275 g/mol. The highest BCUT2D eigenvalue weighted by Crippen LogP contribution is 2.17. The Balaban J connectivity index is 1.91. The van der Waals surface area contributed by atoms with Gasteiger partial charge in [0.2, 0.25) is 0 Å². The van der Waals surface area contributed by atoms with E-state index in [-0.39, 0.29) is 12.5 Å². The van der Waals surface area contributed by atoms with Gasteiger partial charge in [-0.25, -0.2) is 0 Å². The number of ether oxygens (including phenoxy) is 1. The van der Waals surface area contributed by atoms with E-state index in [1.807, 2.05) is 0 Å². The van der Waals surface area contributed by atoms with Crippen LogP contribution in [0.15, 0.2) is 36.7 Å². The molecule has 2 aromatic rings. The summed E-state index contributed by atoms with van der Waals surface area (Å²) in [6, 6.07) is 7.06. The van der Waals surface area contributed by atoms with Crippen molar-refractivity contribution in [1.82, 2.24) is 15.1 Å². The van der Waals surface area contributed by atoms with Gasteiger partial charge in [-0.2, -0.15) is 5.10 Å². The fraction of sp³-hybridized carbons (Fsp3) is 0.286. The van der Waals surface area contributed by atoms with Crippen molar-refractivity contribution < 1.29 is 14.6 Å². The van der Waals surface area contributed by atoms with E-state index >= 15 is 0 Å². The number of amides is 1. The summed E-state index contributed by atoms with van der Waals surface area (Å²) in [5.41, 5.74) is 1.19. The summed E-state index contributed by atoms with van der Waals surface area (Å²) in [7, 11) is 3.32. The van der Waals surface area contributed by atoms with Crippen molar-refractivity contribution in [2.45, 2.75) is 6.10 Å². The van der Waals surface area contributed by atoms with Crippen molar-refractivity contribution in [3.63, 3.8) is 0 Å². The van der Waals surface area contributed by atoms with Crippen LogP contribution in [0.3, 0.4) is 0 Å². The predicted octanol–water partition coefficient (Wildman–Crippen LogP) is 0.892. The van der Waals surface area contributed by atoms with Crippen LogP contribution in [0.25, 0.3) is 0 Å². The quantitative estimate of drug-likeness (QED) is 0.849. The van der Waals surface area contributed by atoms with Gasteiger partial charge in [-0.05, 0) is 17.7 Å². The molecule has 1 unspecified atom stereocenters. The Kier molecular flexibility index (Phi) is 4.37. The normalized spacial score (nSPS) is 11.9. The van der Waals surface area contributed by atoms with Gasteiger partial charge in [0, 0.05) is 19.8 Å². The first-order chi connectivity index (χ1) is 9.60. The van der Waals surface area contributed by atoms with E-state index in [1.54, 1.807) is 49.3 Å². The topological polar surface area (TPSA) is 76.4 Å². The molecule has 1 atom stereocenters. The molecule has 106 valence electrons. The molecule has 0 radical (unpaired) electrons. The Morgan fingerprint density at radius 2 is 2.15 bits per heavy atom. The molecule has 2 N–H and O–H groups in total. The number of carbonyl (C=O) groups excluding carboxylic acids is 1. The molecule has 20 heavy (non-hydrogen) atoms. The number of aliphatic hydroxyl groups is 1. The van der Waals surface area contributed by atoms with Gasteiger partial charge in [-0.1, -0.05) is 12.1 Å². The van der Waals surface area contributed by atoms with E-state index in [1.165, 1.54) is 6.20 Å². The zero-order chi connectivity index (χ0) is 14.5. The summed E-state index contributed by atoms with van der Waals surface area (Å²) >= 11 is 0. The highest BCUT2D eigenvalue weighted by molar-refractivity contribution is 5.93. The van der Waals surface area contributed by atoms with Crippen LogP contribution in [-0.2, 0) is 7.05 Å². The number of nitrogens with one attached hydrogen (secondary N) is 1. The first-order valence-electron chi connectivity index (χ1n) is 6.19. The van der Waals surface area contributed by atoms with E-state index in [9.17, 15) is 9.90 Å². The maximum Gasteiger partial charge on any atom is 0.254 e. The van der Waals surface area contributed by atoms with Gasteiger partial charge in [0.1, 0.15) is 5.75 Å². The van der Waals surface area contributed by atoms with Crippen LogP contribution < -0.4 is 10.1 Å². The van der Waals surface area contributed by atoms with Crippen LogP contribution in [-0.4, -0.2) is 34.4 Å². The molecule has 0 spiro atoms. The van der Waals surface area contributed by atoms with Gasteiger partial charge in [-0.15, -0.1) is 0 Å². The third-order valence-electron chi connectivity index (χ3n) is 2.92. The number of aliphatic hydroxyl groups excluding tert-OH is 1. The summed E-state index contributed by atoms with van der Waals surface area (Å²) in [6.07, 6.45) is 2.34. The van der Waals surface area contributed by atoms with Crippen molar-refractivity contribution >= 4 is 5.91 Å². The fourth-order valence-electron chi connectivity index (χ4n) is 1.77. The number of aryl methyl sites for hydroxylation is 1. The number of methoxy groups -OCH3 is 1. The van der Waals surface area contributed by atoms with Crippen molar-refractivity contribution in [3.8, 4) is 5.75 Å². The van der Waals surface area contributed by atoms with E-state index < -0.39 is 6.10 Å². The second-order valence-corrected chi connectivity index (χ2v) is 4.40. The Labute approximate surface area is 117 Å². The summed E-state index contributed by atoms with van der Waals surface area (Å²) in [5.74, 6) is 0.464. The first-order valence-corrected chi connectivity index (χ1v) is 6.19. The standard InChI is InChI=1S/C14H17N3O3/c1-17-9-11(7-16-17)14(19)15-8-13(18)10-3-5-12(20-2)6-4-10/h3-7,9,13,18H,8H2,1-2H3,(H,15,19). The molecule has 1 amide bonds. The van der Waals surface area contributed by atoms with Crippen LogP contribution in [0, 0.1) is 0 Å². The summed E-state index contributed by atoms with van der Waals surface area (Å²) in [5, 5.41) is 16.6. The van der Waals surface area contributed by atoms with E-state index in [2.05, 4.69) is 10.4 Å². The molecular formula is C14H17N3O3. The second kappa shape index (κ2) is 6.21. The molecule has 0 aliphatic rings. The maximum absolute atomic E-state index is 11.8. The lowest BCUT2D eigenvalue weighted by atomic mass is 10.1. The molecule has 1 heterocycles. The van der Waals surface area contributed by atoms with Gasteiger partial charge in [-0.3, -0.25) is 9.48 Å². The monoisotopic (exact) mass is 275 g/mol. The molecule has 1 aromatic carbocycles. The molecular weight excluding hydrogens is 258 g/mol. The summed E-state index contributed by atoms with van der Waals surface area (Å²) < 4.78 is 6.60. The summed E-state index contributed by atoms with van der Waals surface area (Å²) in [4.78, 5) is 11.8. The van der Waals surface area contributed by atoms with Crippen LogP contribution in [0.2, 0.25) is 0 Å². The number of benzene rings is 1. The summed E-state index contributed by atoms with van der Waals surface area (Å²) in [6.45, 7) is 0.139. The molecule has 1 aromatic heterocycles. The van der Waals surface area contributed by atoms with Gasteiger partial charge >= 0.3 is 0 Å². The highest BCUT2D eigenvalue weighted by atomic mass is 16.5. The number of aromatic nitrogens is 2. The van der Waals surface area contributed by atoms with Crippen LogP contribution >= 0.6 is 0 Å². The molecule has 0 bridgehead atoms. The molecule has 0 saturated carbocycles. The van der Waals surface area contributed by atoms with E-state index in [0.29, 0.717) is 5.56 Å². The Morgan fingerprint density at radius 3 is 2.70 bits per heavy atom. The van der Waals surface area contributed by atoms with Crippen molar-refractivity contribution in [3.05, 3.63) is 47.8 Å². The third kappa shape index (κ3) is 3.36. The highest BCUT2D eigenvalue weighted by Gasteiger charge is 2.12. The molecule has 0 saturated heterocycles. The molecule has 0 aliphatic heterocycles. The van der Waals surface area contributed by atoms with Crippen molar-refractivity contribution in [2.75, 3.05) is 13.7 Å². The zero-order valence-corrected chi connectivity index (χ0v) is 11.4. The van der Waals surface area contributed by atoms with Crippen molar-refractivity contribution in [1.29, 1.82) is 0 Å². The average Bonchev–Trinajstić information content (AvgIpc) is 2.91. The first kappa shape index (κ1) is 14.1. The number of nitrogens with zero attached hydrogens (tertiary/aromatic N) is 2. The molecule has 6 heteroatoms. The lowest BCUT2D eigenvalue weighted by molar-refractivity contribution is 0.0916. The largest absolute Gasteiger partial charge is 0.497 e. The third-order valence-corrected chi connectivity index (χ3v) is 2.92. The second-order valence-electron chi connectivity index (χ2n) is 4.40. The Hall–Kier alpha value is -2.34. The van der Waals surface area contributed by atoms with Crippen molar-refractivity contribution in [2.24, 2.45) is 7.05 Å². The number of carbonyl (C=O) groups is 1. The van der Waals surface area contributed by atoms with Gasteiger partial charge in [0.15, 0.2) is 0 Å². The zero-order valence-electron chi connectivity index (χ0n) is 11.4. The van der Waals surface area contributed by atoms with E-state index in [0.717, 1.165) is 11.3 Å². The smallest absolute Gasteiger partial charge is 0.254 e. The lowest BCUT2D eigenvalue weighted by Crippen LogP contribution is -2.28. The van der Waals surface area contributed by atoms with Gasteiger partial charge in [0.05, 0.1) is 25.0 Å². The SMILES string of the molecule is COc1ccc(C(O)CNC(=O)c2cnn(C)c2)cc1. The molecule has 6 nitrogen and oxygen atoms in total. The van der Waals surface area contributed by atoms with Gasteiger partial charge in [0.25, 0.3) is 5.91 Å². The van der Waals surface area contributed by atoms with Crippen LogP contribution in [0.5, 0.6) is 5.75 Å². The van der Waals surface area contributed by atoms with Crippen LogP contribution in [0.4, 0.5) is 0 Å². The minimum absolute atomic E-state index is 0.139. The fourth-order valence-corrected chi connectivity index (χ4v) is 1.77. The minimum atomic E-state index is -0.762. The number of rotatable bonds is 5. The predicted molar refractivity (Wildman–Crippen MR) is 73.5 cm³/mol. The Bertz CT molecular complexity index is 578. The molecule has 2 rings (SSSR count). The maximum atomic E-state index is 11.8. The van der Waals surface area contributed by atoms with Gasteiger partial charge < -0.3 is 15.2 Å². The number of hydrogen-bond donors (Lipinski definition) is 2. The molecule has 0 aliphatic carbocycles. The Morgan fingerprint density at radius 1 is 1.45 bits per heavy atom. The minimum Gasteiger partial charge on any atom is -0.497 e.